The molecule has 0 spiro atoms. The van der Waals surface area contributed by atoms with Crippen LogP contribution in [-0.4, -0.2) is 18.0 Å². The van der Waals surface area contributed by atoms with Crippen molar-refractivity contribution in [1.82, 2.24) is 0 Å². The molecular weight excluding hydrogens is 275 g/mol. The molecule has 0 aromatic heterocycles. The second-order valence-electron chi connectivity index (χ2n) is 4.25. The van der Waals surface area contributed by atoms with E-state index in [-0.39, 0.29) is 28.5 Å². The Bertz CT molecular complexity index is 501. The van der Waals surface area contributed by atoms with Gasteiger partial charge in [-0.15, -0.1) is 6.58 Å². The molecule has 1 aliphatic heterocycles. The third-order valence-electron chi connectivity index (χ3n) is 2.85. The van der Waals surface area contributed by atoms with E-state index in [0.717, 1.165) is 0 Å². The van der Waals surface area contributed by atoms with E-state index in [2.05, 4.69) is 6.58 Å². The summed E-state index contributed by atoms with van der Waals surface area (Å²) in [5, 5.41) is 0. The molecule has 102 valence electrons. The Hall–Kier alpha value is -1.43. The van der Waals surface area contributed by atoms with Gasteiger partial charge < -0.3 is 4.90 Å². The SMILES string of the molecule is C=CC1CC(=O)N(c2cccc(SC(F)(F)F)c2)C1. The Labute approximate surface area is 113 Å². The van der Waals surface area contributed by atoms with E-state index >= 15 is 0 Å². The van der Waals surface area contributed by atoms with E-state index in [1.165, 1.54) is 23.1 Å². The number of halogens is 3. The lowest BCUT2D eigenvalue weighted by atomic mass is 10.1. The summed E-state index contributed by atoms with van der Waals surface area (Å²) in [6.45, 7) is 4.11. The molecule has 1 amide bonds. The van der Waals surface area contributed by atoms with Crippen LogP contribution in [0.4, 0.5) is 18.9 Å². The van der Waals surface area contributed by atoms with Crippen LogP contribution in [0.15, 0.2) is 41.8 Å². The number of amides is 1. The van der Waals surface area contributed by atoms with Gasteiger partial charge in [-0.05, 0) is 30.0 Å². The molecular formula is C13H12F3NOS. The summed E-state index contributed by atoms with van der Waals surface area (Å²) in [6.07, 6.45) is 2.06. The van der Waals surface area contributed by atoms with Crippen LogP contribution in [0, 0.1) is 5.92 Å². The number of benzene rings is 1. The average Bonchev–Trinajstić information content (AvgIpc) is 2.69. The summed E-state index contributed by atoms with van der Waals surface area (Å²) in [6, 6.07) is 5.94. The minimum atomic E-state index is -4.32. The van der Waals surface area contributed by atoms with Crippen molar-refractivity contribution in [3.05, 3.63) is 36.9 Å². The summed E-state index contributed by atoms with van der Waals surface area (Å²) in [4.78, 5) is 13.4. The maximum absolute atomic E-state index is 12.3. The first-order valence-corrected chi connectivity index (χ1v) is 6.49. The summed E-state index contributed by atoms with van der Waals surface area (Å²) in [5.41, 5.74) is -3.82. The van der Waals surface area contributed by atoms with Gasteiger partial charge in [0.25, 0.3) is 0 Å². The largest absolute Gasteiger partial charge is 0.446 e. The van der Waals surface area contributed by atoms with Crippen LogP contribution in [-0.2, 0) is 4.79 Å². The molecule has 1 aromatic carbocycles. The number of carbonyl (C=O) groups is 1. The standard InChI is InChI=1S/C13H12F3NOS/c1-2-9-6-12(18)17(8-9)10-4-3-5-11(7-10)19-13(14,15)16/h2-5,7,9H,1,6,8H2. The zero-order valence-electron chi connectivity index (χ0n) is 9.98. The molecule has 19 heavy (non-hydrogen) atoms. The van der Waals surface area contributed by atoms with Crippen LogP contribution in [0.1, 0.15) is 6.42 Å². The van der Waals surface area contributed by atoms with Crippen LogP contribution < -0.4 is 4.90 Å². The van der Waals surface area contributed by atoms with Crippen LogP contribution >= 0.6 is 11.8 Å². The molecule has 1 saturated heterocycles. The number of carbonyl (C=O) groups excluding carboxylic acids is 1. The first-order valence-electron chi connectivity index (χ1n) is 5.68. The molecule has 1 atom stereocenters. The first kappa shape index (κ1) is 14.0. The number of nitrogens with zero attached hydrogens (tertiary/aromatic N) is 1. The Morgan fingerprint density at radius 1 is 1.42 bits per heavy atom. The smallest absolute Gasteiger partial charge is 0.312 e. The molecule has 0 aliphatic carbocycles. The summed E-state index contributed by atoms with van der Waals surface area (Å²) >= 11 is -0.177. The normalized spacial score (nSPS) is 19.8. The number of hydrogen-bond acceptors (Lipinski definition) is 2. The molecule has 0 N–H and O–H groups in total. The Morgan fingerprint density at radius 3 is 2.74 bits per heavy atom. The highest BCUT2D eigenvalue weighted by Crippen LogP contribution is 2.38. The van der Waals surface area contributed by atoms with Gasteiger partial charge >= 0.3 is 5.51 Å². The van der Waals surface area contributed by atoms with E-state index in [9.17, 15) is 18.0 Å². The molecule has 6 heteroatoms. The van der Waals surface area contributed by atoms with Gasteiger partial charge in [-0.3, -0.25) is 4.79 Å². The molecule has 0 radical (unpaired) electrons. The molecule has 1 aromatic rings. The topological polar surface area (TPSA) is 20.3 Å². The van der Waals surface area contributed by atoms with E-state index < -0.39 is 5.51 Å². The fourth-order valence-electron chi connectivity index (χ4n) is 1.99. The zero-order valence-corrected chi connectivity index (χ0v) is 10.8. The number of rotatable bonds is 3. The minimum absolute atomic E-state index is 0.0615. The van der Waals surface area contributed by atoms with Gasteiger partial charge in [0, 0.05) is 29.5 Å². The Morgan fingerprint density at radius 2 is 2.16 bits per heavy atom. The van der Waals surface area contributed by atoms with Gasteiger partial charge in [-0.1, -0.05) is 12.1 Å². The second-order valence-corrected chi connectivity index (χ2v) is 5.39. The maximum Gasteiger partial charge on any atom is 0.446 e. The van der Waals surface area contributed by atoms with Crippen LogP contribution in [0.25, 0.3) is 0 Å². The van der Waals surface area contributed by atoms with Crippen molar-refractivity contribution in [3.8, 4) is 0 Å². The van der Waals surface area contributed by atoms with Crippen molar-refractivity contribution in [2.75, 3.05) is 11.4 Å². The second kappa shape index (κ2) is 5.28. The predicted molar refractivity (Wildman–Crippen MR) is 69.0 cm³/mol. The first-order chi connectivity index (χ1) is 8.89. The number of hydrogen-bond donors (Lipinski definition) is 0. The van der Waals surface area contributed by atoms with Crippen molar-refractivity contribution < 1.29 is 18.0 Å². The lowest BCUT2D eigenvalue weighted by Crippen LogP contribution is -2.24. The van der Waals surface area contributed by atoms with Gasteiger partial charge in [0.2, 0.25) is 5.91 Å². The van der Waals surface area contributed by atoms with Crippen LogP contribution in [0.5, 0.6) is 0 Å². The molecule has 1 unspecified atom stereocenters. The fraction of sp³-hybridized carbons (Fsp3) is 0.308. The summed E-state index contributed by atoms with van der Waals surface area (Å²) < 4.78 is 36.9. The van der Waals surface area contributed by atoms with E-state index in [0.29, 0.717) is 18.7 Å². The van der Waals surface area contributed by atoms with Gasteiger partial charge in [0.15, 0.2) is 0 Å². The predicted octanol–water partition coefficient (Wildman–Crippen LogP) is 3.84. The lowest BCUT2D eigenvalue weighted by molar-refractivity contribution is -0.117. The van der Waals surface area contributed by atoms with Crippen molar-refractivity contribution in [2.45, 2.75) is 16.8 Å². The van der Waals surface area contributed by atoms with Crippen LogP contribution in [0.3, 0.4) is 0 Å². The highest BCUT2D eigenvalue weighted by Gasteiger charge is 2.31. The highest BCUT2D eigenvalue weighted by atomic mass is 32.2. The zero-order chi connectivity index (χ0) is 14.0. The van der Waals surface area contributed by atoms with Gasteiger partial charge in [-0.25, -0.2) is 0 Å². The molecule has 1 fully saturated rings. The molecule has 1 aliphatic rings. The van der Waals surface area contributed by atoms with Crippen molar-refractivity contribution in [3.63, 3.8) is 0 Å². The fourth-order valence-corrected chi connectivity index (χ4v) is 2.58. The molecule has 0 saturated carbocycles. The Balaban J connectivity index is 2.19. The van der Waals surface area contributed by atoms with Gasteiger partial charge in [0.1, 0.15) is 0 Å². The lowest BCUT2D eigenvalue weighted by Gasteiger charge is -2.17. The molecule has 1 heterocycles. The molecule has 0 bridgehead atoms. The number of alkyl halides is 3. The number of thioether (sulfide) groups is 1. The summed E-state index contributed by atoms with van der Waals surface area (Å²) in [7, 11) is 0. The van der Waals surface area contributed by atoms with Gasteiger partial charge in [-0.2, -0.15) is 13.2 Å². The van der Waals surface area contributed by atoms with Crippen molar-refractivity contribution in [2.24, 2.45) is 5.92 Å². The molecule has 2 rings (SSSR count). The van der Waals surface area contributed by atoms with E-state index in [1.807, 2.05) is 0 Å². The quantitative estimate of drug-likeness (QED) is 0.622. The van der Waals surface area contributed by atoms with E-state index in [1.54, 1.807) is 12.1 Å². The monoisotopic (exact) mass is 287 g/mol. The van der Waals surface area contributed by atoms with Gasteiger partial charge in [0.05, 0.1) is 0 Å². The molecule has 2 nitrogen and oxygen atoms in total. The van der Waals surface area contributed by atoms with Crippen molar-refractivity contribution >= 4 is 23.4 Å². The highest BCUT2D eigenvalue weighted by molar-refractivity contribution is 8.00. The number of anilines is 1. The minimum Gasteiger partial charge on any atom is -0.312 e. The average molecular weight is 287 g/mol. The van der Waals surface area contributed by atoms with Crippen LogP contribution in [0.2, 0.25) is 0 Å². The third kappa shape index (κ3) is 3.53. The third-order valence-corrected chi connectivity index (χ3v) is 3.57. The van der Waals surface area contributed by atoms with Crippen molar-refractivity contribution in [1.29, 1.82) is 0 Å². The Kier molecular flexibility index (Phi) is 3.89. The maximum atomic E-state index is 12.3. The summed E-state index contributed by atoms with van der Waals surface area (Å²) in [5.74, 6) is -0.0227. The van der Waals surface area contributed by atoms with E-state index in [4.69, 9.17) is 0 Å².